The maximum absolute atomic E-state index is 12.7. The Bertz CT molecular complexity index is 419. The maximum atomic E-state index is 12.7. The number of hydrogen-bond donors (Lipinski definition) is 1. The highest BCUT2D eigenvalue weighted by atomic mass is 35.5. The Labute approximate surface area is 121 Å². The topological polar surface area (TPSA) is 46.3 Å². The number of rotatable bonds is 5. The molecule has 0 spiro atoms. The van der Waals surface area contributed by atoms with Gasteiger partial charge in [-0.25, -0.2) is 0 Å². The van der Waals surface area contributed by atoms with Gasteiger partial charge in [0, 0.05) is 13.1 Å². The van der Waals surface area contributed by atoms with Crippen molar-refractivity contribution in [3.63, 3.8) is 0 Å². The fourth-order valence-corrected chi connectivity index (χ4v) is 2.88. The Morgan fingerprint density at radius 3 is 2.32 bits per heavy atom. The van der Waals surface area contributed by atoms with Crippen molar-refractivity contribution in [2.75, 3.05) is 19.6 Å². The summed E-state index contributed by atoms with van der Waals surface area (Å²) in [4.78, 5) is 14.6. The Kier molecular flexibility index (Phi) is 5.39. The molecule has 2 N–H and O–H groups in total. The number of hydrogen-bond acceptors (Lipinski definition) is 2. The Morgan fingerprint density at radius 2 is 1.89 bits per heavy atom. The molecule has 0 aromatic heterocycles. The number of likely N-dealkylation sites (N-methyl/N-ethyl adjacent to an activating group) is 1. The van der Waals surface area contributed by atoms with E-state index in [1.54, 1.807) is 0 Å². The summed E-state index contributed by atoms with van der Waals surface area (Å²) in [5, 5.41) is 0. The summed E-state index contributed by atoms with van der Waals surface area (Å²) in [6.07, 6.45) is 0.892. The van der Waals surface area contributed by atoms with Crippen molar-refractivity contribution < 1.29 is 17.2 Å². The number of nitrogens with two attached hydrogens (primary N) is 1. The molecule has 0 heterocycles. The maximum Gasteiger partial charge on any atom is 0.233 e. The molecular weight excluding hydrogens is 260 g/mol. The third-order valence-corrected chi connectivity index (χ3v) is 4.11. The average molecular weight is 282 g/mol. The Hall–Kier alpha value is -1.06. The third-order valence-electron chi connectivity index (χ3n) is 4.11. The van der Waals surface area contributed by atoms with E-state index in [1.165, 1.54) is 0 Å². The second-order valence-electron chi connectivity index (χ2n) is 4.95. The van der Waals surface area contributed by atoms with Gasteiger partial charge in [-0.05, 0) is 38.3 Å². The fraction of sp³-hybridized carbons (Fsp3) is 0.533. The fourth-order valence-electron chi connectivity index (χ4n) is 2.88. The zero-order chi connectivity index (χ0) is 13.2. The highest BCUT2D eigenvalue weighted by molar-refractivity contribution is 5.92. The van der Waals surface area contributed by atoms with Crippen LogP contribution in [0, 0.1) is 5.92 Å². The van der Waals surface area contributed by atoms with Crippen molar-refractivity contribution in [1.82, 2.24) is 4.90 Å². The monoisotopic (exact) mass is 281 g/mol. The second kappa shape index (κ2) is 6.40. The average Bonchev–Trinajstić information content (AvgIpc) is 3.17. The van der Waals surface area contributed by atoms with Crippen LogP contribution in [0.2, 0.25) is 0 Å². The lowest BCUT2D eigenvalue weighted by Crippen LogP contribution is -3.00. The molecule has 1 saturated carbocycles. The second-order valence-corrected chi connectivity index (χ2v) is 4.95. The molecule has 1 aromatic carbocycles. The lowest BCUT2D eigenvalue weighted by Gasteiger charge is -2.26. The highest BCUT2D eigenvalue weighted by Crippen LogP contribution is 2.54. The molecule has 3 nitrogen and oxygen atoms in total. The van der Waals surface area contributed by atoms with Crippen LogP contribution in [0.5, 0.6) is 0 Å². The molecule has 106 valence electrons. The number of benzene rings is 1. The summed E-state index contributed by atoms with van der Waals surface area (Å²) in [5.74, 6) is 0.544. The standard InChI is InChI=1S/C15H22N2O.ClH/c1-3-17(4-2)14(18)15(10-13(15)11-16)12-8-6-5-7-9-12;/h5-9,13H,3-4,10-11,16H2,1-2H3;1H/p-1. The van der Waals surface area contributed by atoms with Crippen LogP contribution in [-0.4, -0.2) is 30.4 Å². The van der Waals surface area contributed by atoms with E-state index in [2.05, 4.69) is 12.1 Å². The van der Waals surface area contributed by atoms with Crippen molar-refractivity contribution in [2.24, 2.45) is 11.7 Å². The van der Waals surface area contributed by atoms with Crippen LogP contribution in [0.1, 0.15) is 25.8 Å². The molecule has 2 atom stereocenters. The summed E-state index contributed by atoms with van der Waals surface area (Å²) < 4.78 is 0. The van der Waals surface area contributed by atoms with Crippen LogP contribution in [0.15, 0.2) is 30.3 Å². The van der Waals surface area contributed by atoms with E-state index >= 15 is 0 Å². The van der Waals surface area contributed by atoms with Crippen molar-refractivity contribution in [1.29, 1.82) is 0 Å². The molecule has 2 unspecified atom stereocenters. The Balaban J connectivity index is 0.00000180. The molecule has 0 aliphatic heterocycles. The van der Waals surface area contributed by atoms with Crippen molar-refractivity contribution in [3.05, 3.63) is 35.9 Å². The summed E-state index contributed by atoms with van der Waals surface area (Å²) in [6, 6.07) is 10.1. The summed E-state index contributed by atoms with van der Waals surface area (Å²) >= 11 is 0. The number of halogens is 1. The summed E-state index contributed by atoms with van der Waals surface area (Å²) in [6.45, 7) is 6.17. The lowest BCUT2D eigenvalue weighted by molar-refractivity contribution is -0.134. The summed E-state index contributed by atoms with van der Waals surface area (Å²) in [5.41, 5.74) is 6.57. The van der Waals surface area contributed by atoms with E-state index < -0.39 is 0 Å². The van der Waals surface area contributed by atoms with Gasteiger partial charge in [-0.15, -0.1) is 0 Å². The van der Waals surface area contributed by atoms with E-state index in [0.717, 1.165) is 25.1 Å². The van der Waals surface area contributed by atoms with Crippen molar-refractivity contribution in [2.45, 2.75) is 25.7 Å². The molecule has 4 heteroatoms. The van der Waals surface area contributed by atoms with Crippen LogP contribution in [0.3, 0.4) is 0 Å². The van der Waals surface area contributed by atoms with Gasteiger partial charge in [0.1, 0.15) is 0 Å². The van der Waals surface area contributed by atoms with Gasteiger partial charge in [0.2, 0.25) is 5.91 Å². The van der Waals surface area contributed by atoms with E-state index in [-0.39, 0.29) is 23.7 Å². The van der Waals surface area contributed by atoms with Gasteiger partial charge in [0.05, 0.1) is 5.41 Å². The minimum absolute atomic E-state index is 0. The smallest absolute Gasteiger partial charge is 0.233 e. The normalized spacial score (nSPS) is 24.5. The zero-order valence-corrected chi connectivity index (χ0v) is 12.4. The highest BCUT2D eigenvalue weighted by Gasteiger charge is 2.61. The Morgan fingerprint density at radius 1 is 1.32 bits per heavy atom. The van der Waals surface area contributed by atoms with Crippen LogP contribution in [0.4, 0.5) is 0 Å². The van der Waals surface area contributed by atoms with Gasteiger partial charge in [0.15, 0.2) is 0 Å². The van der Waals surface area contributed by atoms with Crippen LogP contribution in [-0.2, 0) is 10.2 Å². The predicted molar refractivity (Wildman–Crippen MR) is 73.2 cm³/mol. The van der Waals surface area contributed by atoms with Crippen LogP contribution >= 0.6 is 0 Å². The molecule has 1 aliphatic carbocycles. The SMILES string of the molecule is CCN(CC)C(=O)C1(c2ccccc2)CC1CN.[Cl-]. The van der Waals surface area contributed by atoms with Gasteiger partial charge < -0.3 is 23.0 Å². The van der Waals surface area contributed by atoms with Crippen molar-refractivity contribution in [3.8, 4) is 0 Å². The van der Waals surface area contributed by atoms with Gasteiger partial charge in [-0.1, -0.05) is 30.3 Å². The minimum Gasteiger partial charge on any atom is -1.00 e. The number of amides is 1. The van der Waals surface area contributed by atoms with Gasteiger partial charge in [-0.3, -0.25) is 4.79 Å². The number of carbonyl (C=O) groups excluding carboxylic acids is 1. The van der Waals surface area contributed by atoms with E-state index in [4.69, 9.17) is 5.73 Å². The summed E-state index contributed by atoms with van der Waals surface area (Å²) in [7, 11) is 0. The largest absolute Gasteiger partial charge is 1.00 e. The minimum atomic E-state index is -0.345. The lowest BCUT2D eigenvalue weighted by atomic mass is 9.91. The first kappa shape index (κ1) is 16.0. The molecule has 1 amide bonds. The zero-order valence-electron chi connectivity index (χ0n) is 11.6. The van der Waals surface area contributed by atoms with Crippen molar-refractivity contribution >= 4 is 5.91 Å². The van der Waals surface area contributed by atoms with E-state index in [9.17, 15) is 4.79 Å². The van der Waals surface area contributed by atoms with Gasteiger partial charge in [-0.2, -0.15) is 0 Å². The van der Waals surface area contributed by atoms with Crippen LogP contribution in [0.25, 0.3) is 0 Å². The molecule has 0 radical (unpaired) electrons. The molecule has 1 aromatic rings. The molecule has 0 bridgehead atoms. The molecular formula is C15H22ClN2O-. The molecule has 19 heavy (non-hydrogen) atoms. The van der Waals surface area contributed by atoms with E-state index in [0.29, 0.717) is 12.5 Å². The predicted octanol–water partition coefficient (Wildman–Crippen LogP) is -1.22. The first-order valence-corrected chi connectivity index (χ1v) is 6.75. The van der Waals surface area contributed by atoms with Gasteiger partial charge >= 0.3 is 0 Å². The third kappa shape index (κ3) is 2.63. The number of carbonyl (C=O) groups is 1. The van der Waals surface area contributed by atoms with Gasteiger partial charge in [0.25, 0.3) is 0 Å². The molecule has 1 fully saturated rings. The van der Waals surface area contributed by atoms with E-state index in [1.807, 2.05) is 36.9 Å². The molecule has 1 aliphatic rings. The first-order valence-electron chi connectivity index (χ1n) is 6.75. The number of nitrogens with zero attached hydrogens (tertiary/aromatic N) is 1. The molecule has 0 saturated heterocycles. The molecule has 2 rings (SSSR count). The van der Waals surface area contributed by atoms with Crippen LogP contribution < -0.4 is 18.1 Å². The quantitative estimate of drug-likeness (QED) is 0.735. The first-order chi connectivity index (χ1) is 8.70.